The fourth-order valence-corrected chi connectivity index (χ4v) is 6.39. The number of methoxy groups -OCH3 is 1. The van der Waals surface area contributed by atoms with Crippen molar-refractivity contribution >= 4 is 23.6 Å². The number of ether oxygens (including phenoxy) is 6. The third kappa shape index (κ3) is 49.4. The van der Waals surface area contributed by atoms with Crippen LogP contribution in [0.4, 0.5) is 0 Å². The largest absolute Gasteiger partial charge is 0.383 e. The number of morpholine rings is 1. The van der Waals surface area contributed by atoms with Gasteiger partial charge in [0.2, 0.25) is 23.6 Å². The summed E-state index contributed by atoms with van der Waals surface area (Å²) in [6.45, 7) is 23.1. The first-order chi connectivity index (χ1) is 33.3. The van der Waals surface area contributed by atoms with Gasteiger partial charge < -0.3 is 48.4 Å². The Labute approximate surface area is 414 Å². The van der Waals surface area contributed by atoms with Crippen LogP contribution in [0.1, 0.15) is 175 Å². The van der Waals surface area contributed by atoms with E-state index in [2.05, 4.69) is 33.0 Å². The van der Waals surface area contributed by atoms with Crippen LogP contribution in [0.2, 0.25) is 0 Å². The van der Waals surface area contributed by atoms with E-state index in [0.29, 0.717) is 63.6 Å². The number of unbranched alkanes of at least 4 members (excludes halogenated alkanes) is 10. The lowest BCUT2D eigenvalue weighted by molar-refractivity contribution is -0.135. The molecule has 2 aliphatic heterocycles. The number of nitrogens with zero attached hydrogens (tertiary/aromatic N) is 3. The molecule has 2 fully saturated rings. The molecule has 0 spiro atoms. The van der Waals surface area contributed by atoms with Crippen LogP contribution in [0.15, 0.2) is 24.3 Å². The third-order valence-corrected chi connectivity index (χ3v) is 10.2. The number of amides is 4. The van der Waals surface area contributed by atoms with Crippen LogP contribution in [-0.4, -0.2) is 163 Å². The molecule has 4 amide bonds. The Kier molecular flexibility index (Phi) is 43.3. The highest BCUT2D eigenvalue weighted by Gasteiger charge is 2.17. The van der Waals surface area contributed by atoms with Crippen molar-refractivity contribution < 1.29 is 51.7 Å². The van der Waals surface area contributed by atoms with Gasteiger partial charge in [0.25, 0.3) is 0 Å². The highest BCUT2D eigenvalue weighted by atomic mass is 16.5. The standard InChI is InChI=1S/C14H27NO3.C14H27NO2.C13H25NO3.C12H23NO2/c1-13(2)18-10-6-4-3-5-7-14(16)15-8-11-17-12-9-15;1-13(2)17-12-8-4-3-5-9-14(16)15-10-6-7-11-15;1-12(2)17-10-7-5-4-6-8-13(15)14-9-11-16-3;1-11(2)15-10-8-6-5-7-9-12(14)13(3)4/h13H,3-12H2,1-2H3;13H,3-12H2,1-2H3;6,8,12H,4-5,7,9-11H2,1-3H3,(H,14,15);7,9,11H,5-6,8,10H2,1-4H3/b;;8-6+;9-7+/i;;;3D3. The minimum absolute atomic E-state index is 0.0551. The Morgan fingerprint density at radius 3 is 1.40 bits per heavy atom. The number of likely N-dealkylation sites (tertiary alicyclic amines) is 1. The highest BCUT2D eigenvalue weighted by molar-refractivity contribution is 5.87. The van der Waals surface area contributed by atoms with E-state index in [1.165, 1.54) is 32.4 Å². The average molecular weight is 958 g/mol. The van der Waals surface area contributed by atoms with E-state index in [0.717, 1.165) is 141 Å². The molecule has 67 heavy (non-hydrogen) atoms. The molecule has 14 nitrogen and oxygen atoms in total. The van der Waals surface area contributed by atoms with Crippen LogP contribution in [0.5, 0.6) is 0 Å². The van der Waals surface area contributed by atoms with Crippen molar-refractivity contribution in [3.8, 4) is 0 Å². The summed E-state index contributed by atoms with van der Waals surface area (Å²) in [7, 11) is 2.89. The summed E-state index contributed by atoms with van der Waals surface area (Å²) >= 11 is 0. The highest BCUT2D eigenvalue weighted by Crippen LogP contribution is 2.12. The fraction of sp³-hybridized carbons (Fsp3) is 0.849. The van der Waals surface area contributed by atoms with Gasteiger partial charge in [-0.3, -0.25) is 19.2 Å². The Bertz CT molecular complexity index is 1320. The number of carbonyl (C=O) groups is 4. The van der Waals surface area contributed by atoms with E-state index in [-0.39, 0.29) is 17.9 Å². The number of carbonyl (C=O) groups excluding carboxylic acids is 4. The van der Waals surface area contributed by atoms with Gasteiger partial charge in [-0.25, -0.2) is 0 Å². The van der Waals surface area contributed by atoms with Gasteiger partial charge in [-0.1, -0.05) is 37.8 Å². The molecule has 394 valence electrons. The number of hydrogen-bond acceptors (Lipinski definition) is 10. The summed E-state index contributed by atoms with van der Waals surface area (Å²) in [5.74, 6) is 0.103. The van der Waals surface area contributed by atoms with E-state index >= 15 is 0 Å². The zero-order valence-corrected chi connectivity index (χ0v) is 44.3. The third-order valence-electron chi connectivity index (χ3n) is 10.2. The van der Waals surface area contributed by atoms with Crippen molar-refractivity contribution in [2.45, 2.75) is 195 Å². The molecular weight excluding hydrogens is 853 g/mol. The monoisotopic (exact) mass is 958 g/mol. The van der Waals surface area contributed by atoms with Crippen LogP contribution < -0.4 is 5.32 Å². The van der Waals surface area contributed by atoms with Crippen LogP contribution in [-0.2, 0) is 47.6 Å². The first kappa shape index (κ1) is 60.2. The van der Waals surface area contributed by atoms with Gasteiger partial charge >= 0.3 is 0 Å². The van der Waals surface area contributed by atoms with Crippen molar-refractivity contribution in [1.29, 1.82) is 0 Å². The maximum absolute atomic E-state index is 11.8. The van der Waals surface area contributed by atoms with E-state index in [1.807, 2.05) is 43.6 Å². The maximum atomic E-state index is 11.8. The van der Waals surface area contributed by atoms with Crippen LogP contribution >= 0.6 is 0 Å². The van der Waals surface area contributed by atoms with E-state index in [4.69, 9.17) is 32.5 Å². The Hall–Kier alpha value is -2.88. The molecule has 0 aromatic rings. The Morgan fingerprint density at radius 2 is 0.985 bits per heavy atom. The zero-order valence-electron chi connectivity index (χ0n) is 47.3. The van der Waals surface area contributed by atoms with Gasteiger partial charge in [0.05, 0.1) is 44.2 Å². The molecule has 0 aromatic heterocycles. The second-order valence-corrected chi connectivity index (χ2v) is 18.1. The van der Waals surface area contributed by atoms with Gasteiger partial charge in [0, 0.05) is 97.2 Å². The molecule has 14 heteroatoms. The second kappa shape index (κ2) is 48.2. The summed E-state index contributed by atoms with van der Waals surface area (Å²) < 4.78 is 53.0. The van der Waals surface area contributed by atoms with Crippen molar-refractivity contribution in [2.24, 2.45) is 0 Å². The molecule has 1 N–H and O–H groups in total. The van der Waals surface area contributed by atoms with Crippen molar-refractivity contribution in [2.75, 3.05) is 100 Å². The van der Waals surface area contributed by atoms with Crippen LogP contribution in [0, 0.1) is 0 Å². The number of rotatable bonds is 33. The average Bonchev–Trinajstić information content (AvgIpc) is 3.86. The minimum Gasteiger partial charge on any atom is -0.383 e. The SMILES string of the molecule is CC(C)OCCCCCCC(=O)N1CCCC1.CC(C)OCCCCCCC(=O)N1CCOCC1.COCCNC(=O)/C=C/CCCCOC(C)C.[2H]C([2H])([2H])N(C)C(=O)/C=C/CCCCOC(C)C. The maximum Gasteiger partial charge on any atom is 0.245 e. The van der Waals surface area contributed by atoms with E-state index < -0.39 is 12.9 Å². The smallest absolute Gasteiger partial charge is 0.245 e. The summed E-state index contributed by atoms with van der Waals surface area (Å²) in [6.07, 6.45) is 26.0. The van der Waals surface area contributed by atoms with Gasteiger partial charge in [0.15, 0.2) is 0 Å². The van der Waals surface area contributed by atoms with Gasteiger partial charge in [-0.05, 0) is 145 Å². The number of likely N-dealkylation sites (N-methyl/N-ethyl adjacent to an activating group) is 1. The van der Waals surface area contributed by atoms with E-state index in [9.17, 15) is 19.2 Å². The molecule has 0 bridgehead atoms. The summed E-state index contributed by atoms with van der Waals surface area (Å²) in [5.41, 5.74) is 0. The van der Waals surface area contributed by atoms with Gasteiger partial charge in [-0.2, -0.15) is 0 Å². The Morgan fingerprint density at radius 1 is 0.582 bits per heavy atom. The van der Waals surface area contributed by atoms with Crippen molar-refractivity contribution in [3.05, 3.63) is 24.3 Å². The lowest BCUT2D eigenvalue weighted by atomic mass is 10.1. The predicted octanol–water partition coefficient (Wildman–Crippen LogP) is 9.33. The number of nitrogens with one attached hydrogen (secondary N) is 1. The molecule has 0 unspecified atom stereocenters. The summed E-state index contributed by atoms with van der Waals surface area (Å²) in [5, 5.41) is 2.73. The topological polar surface area (TPSA) is 145 Å². The normalized spacial score (nSPS) is 14.6. The molecule has 2 aliphatic rings. The lowest BCUT2D eigenvalue weighted by Crippen LogP contribution is -2.40. The van der Waals surface area contributed by atoms with Crippen molar-refractivity contribution in [3.63, 3.8) is 0 Å². The zero-order chi connectivity index (χ0) is 52.8. The van der Waals surface area contributed by atoms with Crippen molar-refractivity contribution in [1.82, 2.24) is 20.0 Å². The van der Waals surface area contributed by atoms with Gasteiger partial charge in [0.1, 0.15) is 0 Å². The second-order valence-electron chi connectivity index (χ2n) is 18.1. The van der Waals surface area contributed by atoms with Gasteiger partial charge in [-0.15, -0.1) is 0 Å². The minimum atomic E-state index is -2.37. The first-order valence-corrected chi connectivity index (χ1v) is 25.8. The number of allylic oxidation sites excluding steroid dienone is 2. The lowest BCUT2D eigenvalue weighted by Gasteiger charge is -2.26. The molecule has 0 aromatic carbocycles. The molecule has 2 heterocycles. The summed E-state index contributed by atoms with van der Waals surface area (Å²) in [6, 6.07) is 0. The molecule has 0 atom stereocenters. The van der Waals surface area contributed by atoms with Crippen LogP contribution in [0.25, 0.3) is 0 Å². The predicted molar refractivity (Wildman–Crippen MR) is 273 cm³/mol. The van der Waals surface area contributed by atoms with E-state index in [1.54, 1.807) is 19.3 Å². The Balaban J connectivity index is 0. The van der Waals surface area contributed by atoms with Crippen LogP contribution in [0.3, 0.4) is 0 Å². The summed E-state index contributed by atoms with van der Waals surface area (Å²) in [4.78, 5) is 50.9. The molecule has 0 radical (unpaired) electrons. The first-order valence-electron chi connectivity index (χ1n) is 27.3. The number of hydrogen-bond donors (Lipinski definition) is 1. The molecule has 2 saturated heterocycles. The molecule has 0 saturated carbocycles. The molecular formula is C53H102N4O10. The molecule has 2 rings (SSSR count). The fourth-order valence-electron chi connectivity index (χ4n) is 6.39. The quantitative estimate of drug-likeness (QED) is 0.0499. The molecule has 0 aliphatic carbocycles.